The maximum atomic E-state index is 4.53. The predicted octanol–water partition coefficient (Wildman–Crippen LogP) is 3.57. The van der Waals surface area contributed by atoms with Crippen molar-refractivity contribution in [3.05, 3.63) is 23.4 Å². The minimum Gasteiger partial charge on any atom is -0.317 e. The second-order valence-electron chi connectivity index (χ2n) is 4.66. The van der Waals surface area contributed by atoms with Crippen LogP contribution in [0.2, 0.25) is 0 Å². The first kappa shape index (κ1) is 14.5. The SMILES string of the molecule is CNC(C)CCCCSc1cc(C)cc(C)n1. The number of hydrogen-bond acceptors (Lipinski definition) is 3. The Morgan fingerprint density at radius 3 is 2.71 bits per heavy atom. The number of nitrogens with one attached hydrogen (secondary N) is 1. The van der Waals surface area contributed by atoms with E-state index in [9.17, 15) is 0 Å². The average molecular weight is 252 g/mol. The molecule has 2 nitrogen and oxygen atoms in total. The van der Waals surface area contributed by atoms with Gasteiger partial charge in [-0.25, -0.2) is 4.98 Å². The van der Waals surface area contributed by atoms with Crippen molar-refractivity contribution in [1.29, 1.82) is 0 Å². The fraction of sp³-hybridized carbons (Fsp3) is 0.643. The number of unbranched alkanes of at least 4 members (excludes halogenated alkanes) is 1. The first-order chi connectivity index (χ1) is 8.11. The van der Waals surface area contributed by atoms with Gasteiger partial charge in [0.1, 0.15) is 0 Å². The Kier molecular flexibility index (Phi) is 6.60. The summed E-state index contributed by atoms with van der Waals surface area (Å²) in [6.07, 6.45) is 3.82. The summed E-state index contributed by atoms with van der Waals surface area (Å²) in [5.74, 6) is 1.17. The maximum Gasteiger partial charge on any atom is 0.0965 e. The Bertz CT molecular complexity index is 319. The Morgan fingerprint density at radius 1 is 1.29 bits per heavy atom. The fourth-order valence-electron chi connectivity index (χ4n) is 1.75. The molecule has 96 valence electrons. The summed E-state index contributed by atoms with van der Waals surface area (Å²) in [6, 6.07) is 4.94. The average Bonchev–Trinajstić information content (AvgIpc) is 2.27. The summed E-state index contributed by atoms with van der Waals surface area (Å²) in [4.78, 5) is 4.53. The van der Waals surface area contributed by atoms with Crippen LogP contribution in [-0.2, 0) is 0 Å². The van der Waals surface area contributed by atoms with Crippen molar-refractivity contribution in [2.75, 3.05) is 12.8 Å². The monoisotopic (exact) mass is 252 g/mol. The van der Waals surface area contributed by atoms with E-state index in [4.69, 9.17) is 0 Å². The molecule has 1 aromatic rings. The van der Waals surface area contributed by atoms with Gasteiger partial charge in [-0.05, 0) is 64.1 Å². The number of aromatic nitrogens is 1. The van der Waals surface area contributed by atoms with Crippen LogP contribution in [0.5, 0.6) is 0 Å². The lowest BCUT2D eigenvalue weighted by Gasteiger charge is -2.09. The van der Waals surface area contributed by atoms with Crippen molar-refractivity contribution in [2.45, 2.75) is 51.1 Å². The lowest BCUT2D eigenvalue weighted by atomic mass is 10.1. The topological polar surface area (TPSA) is 24.9 Å². The number of pyridine rings is 1. The Hall–Kier alpha value is -0.540. The molecule has 1 rings (SSSR count). The third-order valence-electron chi connectivity index (χ3n) is 2.85. The van der Waals surface area contributed by atoms with Crippen LogP contribution in [0.3, 0.4) is 0 Å². The molecule has 0 amide bonds. The van der Waals surface area contributed by atoms with E-state index >= 15 is 0 Å². The summed E-state index contributed by atoms with van der Waals surface area (Å²) in [6.45, 7) is 6.43. The molecule has 0 saturated carbocycles. The molecule has 0 bridgehead atoms. The predicted molar refractivity (Wildman–Crippen MR) is 76.8 cm³/mol. The molecular weight excluding hydrogens is 228 g/mol. The first-order valence-electron chi connectivity index (χ1n) is 6.37. The van der Waals surface area contributed by atoms with Gasteiger partial charge in [-0.1, -0.05) is 6.42 Å². The summed E-state index contributed by atoms with van der Waals surface area (Å²) >= 11 is 1.88. The van der Waals surface area contributed by atoms with Crippen molar-refractivity contribution in [3.8, 4) is 0 Å². The second-order valence-corrected chi connectivity index (χ2v) is 5.77. The quantitative estimate of drug-likeness (QED) is 0.593. The highest BCUT2D eigenvalue weighted by molar-refractivity contribution is 7.99. The molecule has 1 aromatic heterocycles. The number of hydrogen-bond donors (Lipinski definition) is 1. The standard InChI is InChI=1S/C14H24N2S/c1-11-9-13(3)16-14(10-11)17-8-6-5-7-12(2)15-4/h9-10,12,15H,5-8H2,1-4H3. The molecule has 0 aliphatic carbocycles. The van der Waals surface area contributed by atoms with Gasteiger partial charge in [-0.15, -0.1) is 11.8 Å². The van der Waals surface area contributed by atoms with E-state index in [1.54, 1.807) is 0 Å². The van der Waals surface area contributed by atoms with Gasteiger partial charge in [0.2, 0.25) is 0 Å². The highest BCUT2D eigenvalue weighted by Crippen LogP contribution is 2.19. The van der Waals surface area contributed by atoms with Crippen LogP contribution in [0.15, 0.2) is 17.2 Å². The zero-order valence-electron chi connectivity index (χ0n) is 11.4. The molecule has 0 radical (unpaired) electrons. The summed E-state index contributed by atoms with van der Waals surface area (Å²) in [5.41, 5.74) is 2.43. The lowest BCUT2D eigenvalue weighted by Crippen LogP contribution is -2.20. The van der Waals surface area contributed by atoms with Crippen LogP contribution in [0, 0.1) is 13.8 Å². The molecule has 3 heteroatoms. The van der Waals surface area contributed by atoms with Gasteiger partial charge in [0.25, 0.3) is 0 Å². The van der Waals surface area contributed by atoms with Gasteiger partial charge >= 0.3 is 0 Å². The van der Waals surface area contributed by atoms with E-state index in [0.717, 1.165) is 5.69 Å². The Balaban J connectivity index is 2.22. The molecule has 1 N–H and O–H groups in total. The molecular formula is C14H24N2S. The lowest BCUT2D eigenvalue weighted by molar-refractivity contribution is 0.539. The van der Waals surface area contributed by atoms with E-state index in [-0.39, 0.29) is 0 Å². The molecule has 17 heavy (non-hydrogen) atoms. The first-order valence-corrected chi connectivity index (χ1v) is 7.35. The van der Waals surface area contributed by atoms with Crippen molar-refractivity contribution in [2.24, 2.45) is 0 Å². The molecule has 0 saturated heterocycles. The van der Waals surface area contributed by atoms with Crippen LogP contribution in [0.25, 0.3) is 0 Å². The van der Waals surface area contributed by atoms with Gasteiger partial charge in [-0.3, -0.25) is 0 Å². The van der Waals surface area contributed by atoms with Crippen molar-refractivity contribution in [3.63, 3.8) is 0 Å². The minimum absolute atomic E-state index is 0.638. The maximum absolute atomic E-state index is 4.53. The molecule has 0 aliphatic rings. The third-order valence-corrected chi connectivity index (χ3v) is 3.85. The van der Waals surface area contributed by atoms with Crippen molar-refractivity contribution < 1.29 is 0 Å². The summed E-state index contributed by atoms with van der Waals surface area (Å²) < 4.78 is 0. The summed E-state index contributed by atoms with van der Waals surface area (Å²) in [5, 5.41) is 4.44. The van der Waals surface area contributed by atoms with E-state index < -0.39 is 0 Å². The highest BCUT2D eigenvalue weighted by Gasteiger charge is 2.00. The molecule has 0 spiro atoms. The molecule has 1 unspecified atom stereocenters. The van der Waals surface area contributed by atoms with Crippen LogP contribution in [0.1, 0.15) is 37.4 Å². The van der Waals surface area contributed by atoms with Gasteiger partial charge in [-0.2, -0.15) is 0 Å². The van der Waals surface area contributed by atoms with E-state index in [2.05, 4.69) is 43.2 Å². The van der Waals surface area contributed by atoms with Crippen LogP contribution < -0.4 is 5.32 Å². The van der Waals surface area contributed by atoms with Crippen LogP contribution >= 0.6 is 11.8 Å². The number of thioether (sulfide) groups is 1. The molecule has 0 fully saturated rings. The van der Waals surface area contributed by atoms with Gasteiger partial charge in [0, 0.05) is 11.7 Å². The normalized spacial score (nSPS) is 12.7. The summed E-state index contributed by atoms with van der Waals surface area (Å²) in [7, 11) is 2.03. The van der Waals surface area contributed by atoms with Crippen molar-refractivity contribution >= 4 is 11.8 Å². The van der Waals surface area contributed by atoms with Gasteiger partial charge in [0.05, 0.1) is 5.03 Å². The zero-order valence-corrected chi connectivity index (χ0v) is 12.2. The van der Waals surface area contributed by atoms with Crippen molar-refractivity contribution in [1.82, 2.24) is 10.3 Å². The van der Waals surface area contributed by atoms with Crippen LogP contribution in [0.4, 0.5) is 0 Å². The second kappa shape index (κ2) is 7.72. The van der Waals surface area contributed by atoms with E-state index in [1.807, 2.05) is 18.8 Å². The van der Waals surface area contributed by atoms with Gasteiger partial charge in [0.15, 0.2) is 0 Å². The van der Waals surface area contributed by atoms with E-state index in [0.29, 0.717) is 6.04 Å². The number of nitrogens with zero attached hydrogens (tertiary/aromatic N) is 1. The Morgan fingerprint density at radius 2 is 2.06 bits per heavy atom. The fourth-order valence-corrected chi connectivity index (χ4v) is 2.79. The molecule has 0 aromatic carbocycles. The third kappa shape index (κ3) is 6.08. The highest BCUT2D eigenvalue weighted by atomic mass is 32.2. The minimum atomic E-state index is 0.638. The number of rotatable bonds is 7. The molecule has 1 heterocycles. The van der Waals surface area contributed by atoms with Crippen LogP contribution in [-0.4, -0.2) is 23.8 Å². The molecule has 0 aliphatic heterocycles. The largest absolute Gasteiger partial charge is 0.317 e. The zero-order chi connectivity index (χ0) is 12.7. The number of aryl methyl sites for hydroxylation is 2. The molecule has 1 atom stereocenters. The smallest absolute Gasteiger partial charge is 0.0965 e. The van der Waals surface area contributed by atoms with Gasteiger partial charge < -0.3 is 5.32 Å². The van der Waals surface area contributed by atoms with E-state index in [1.165, 1.54) is 35.6 Å². The Labute approximate surface area is 110 Å².